The molecule has 0 aromatic heterocycles. The molecule has 4 heteroatoms. The van der Waals surface area contributed by atoms with Crippen LogP contribution >= 0.6 is 0 Å². The minimum atomic E-state index is -0.0896. The SMILES string of the molecule is CCCCCCCCCCCCCCCC(=O)OC(CCCCC)CCCCCCCCCCCC(=O)OC. The molecule has 0 saturated carbocycles. The van der Waals surface area contributed by atoms with Gasteiger partial charge in [0.25, 0.3) is 0 Å². The maximum absolute atomic E-state index is 12.5. The van der Waals surface area contributed by atoms with Crippen molar-refractivity contribution in [1.29, 1.82) is 0 Å². The van der Waals surface area contributed by atoms with Crippen molar-refractivity contribution in [2.24, 2.45) is 0 Å². The number of methoxy groups -OCH3 is 1. The van der Waals surface area contributed by atoms with Crippen molar-refractivity contribution in [3.8, 4) is 0 Å². The van der Waals surface area contributed by atoms with Gasteiger partial charge in [-0.1, -0.05) is 149 Å². The summed E-state index contributed by atoms with van der Waals surface area (Å²) in [4.78, 5) is 23.6. The van der Waals surface area contributed by atoms with Gasteiger partial charge in [0.1, 0.15) is 6.10 Å². The molecule has 0 fully saturated rings. The lowest BCUT2D eigenvalue weighted by Gasteiger charge is -2.18. The minimum absolute atomic E-state index is 0.0340. The summed E-state index contributed by atoms with van der Waals surface area (Å²) in [5.41, 5.74) is 0. The fourth-order valence-corrected chi connectivity index (χ4v) is 5.40. The zero-order valence-corrected chi connectivity index (χ0v) is 26.7. The van der Waals surface area contributed by atoms with E-state index in [0.29, 0.717) is 12.8 Å². The number of hydrogen-bond donors (Lipinski definition) is 0. The standard InChI is InChI=1S/C35H68O4/c1-4-6-8-9-10-11-12-13-14-17-21-24-28-32-35(37)39-33(29-25-7-5-2)30-26-22-19-16-15-18-20-23-27-31-34(36)38-3/h33H,4-32H2,1-3H3. The van der Waals surface area contributed by atoms with Crippen LogP contribution in [0.4, 0.5) is 0 Å². The van der Waals surface area contributed by atoms with Crippen LogP contribution in [0.3, 0.4) is 0 Å². The second kappa shape index (κ2) is 31.5. The van der Waals surface area contributed by atoms with Crippen LogP contribution in [0.15, 0.2) is 0 Å². The van der Waals surface area contributed by atoms with E-state index < -0.39 is 0 Å². The molecule has 39 heavy (non-hydrogen) atoms. The lowest BCUT2D eigenvalue weighted by atomic mass is 10.0. The second-order valence-electron chi connectivity index (χ2n) is 11.9. The summed E-state index contributed by atoms with van der Waals surface area (Å²) < 4.78 is 10.6. The van der Waals surface area contributed by atoms with Gasteiger partial charge in [-0.3, -0.25) is 9.59 Å². The van der Waals surface area contributed by atoms with Crippen LogP contribution in [-0.4, -0.2) is 25.2 Å². The highest BCUT2D eigenvalue weighted by atomic mass is 16.5. The maximum Gasteiger partial charge on any atom is 0.306 e. The Kier molecular flexibility index (Phi) is 30.6. The molecule has 232 valence electrons. The fraction of sp³-hybridized carbons (Fsp3) is 0.943. The number of carbonyl (C=O) groups is 2. The quantitative estimate of drug-likeness (QED) is 0.0634. The van der Waals surface area contributed by atoms with Gasteiger partial charge in [0.15, 0.2) is 0 Å². The van der Waals surface area contributed by atoms with E-state index in [1.54, 1.807) is 0 Å². The molecule has 0 aliphatic rings. The highest BCUT2D eigenvalue weighted by Gasteiger charge is 2.14. The summed E-state index contributed by atoms with van der Waals surface area (Å²) in [7, 11) is 1.46. The Labute approximate surface area is 244 Å². The Morgan fingerprint density at radius 3 is 1.15 bits per heavy atom. The van der Waals surface area contributed by atoms with Crippen molar-refractivity contribution in [2.45, 2.75) is 206 Å². The van der Waals surface area contributed by atoms with Gasteiger partial charge in [-0.2, -0.15) is 0 Å². The number of carbonyl (C=O) groups excluding carboxylic acids is 2. The second-order valence-corrected chi connectivity index (χ2v) is 11.9. The molecule has 0 radical (unpaired) electrons. The van der Waals surface area contributed by atoms with E-state index in [0.717, 1.165) is 38.5 Å². The average molecular weight is 553 g/mol. The molecule has 0 spiro atoms. The molecule has 0 N–H and O–H groups in total. The Balaban J connectivity index is 3.74. The van der Waals surface area contributed by atoms with Gasteiger partial charge in [-0.25, -0.2) is 0 Å². The molecule has 4 nitrogen and oxygen atoms in total. The van der Waals surface area contributed by atoms with Crippen molar-refractivity contribution < 1.29 is 19.1 Å². The number of unbranched alkanes of at least 4 members (excludes halogenated alkanes) is 22. The summed E-state index contributed by atoms with van der Waals surface area (Å²) in [6.07, 6.45) is 35.0. The third kappa shape index (κ3) is 29.7. The van der Waals surface area contributed by atoms with E-state index in [1.165, 1.54) is 142 Å². The number of hydrogen-bond acceptors (Lipinski definition) is 4. The molecule has 0 rings (SSSR count). The van der Waals surface area contributed by atoms with Crippen LogP contribution in [-0.2, 0) is 19.1 Å². The molecular formula is C35H68O4. The highest BCUT2D eigenvalue weighted by molar-refractivity contribution is 5.69. The lowest BCUT2D eigenvalue weighted by molar-refractivity contribution is -0.150. The summed E-state index contributed by atoms with van der Waals surface area (Å²) in [6, 6.07) is 0. The average Bonchev–Trinajstić information content (AvgIpc) is 2.93. The Hall–Kier alpha value is -1.06. The number of rotatable bonds is 31. The molecule has 0 aromatic rings. The van der Waals surface area contributed by atoms with Gasteiger partial charge in [0.05, 0.1) is 7.11 Å². The van der Waals surface area contributed by atoms with E-state index >= 15 is 0 Å². The fourth-order valence-electron chi connectivity index (χ4n) is 5.40. The van der Waals surface area contributed by atoms with Crippen LogP contribution in [0.5, 0.6) is 0 Å². The number of ether oxygens (including phenoxy) is 2. The predicted octanol–water partition coefficient (Wildman–Crippen LogP) is 11.4. The molecule has 0 aliphatic heterocycles. The van der Waals surface area contributed by atoms with Crippen molar-refractivity contribution in [3.63, 3.8) is 0 Å². The monoisotopic (exact) mass is 553 g/mol. The van der Waals surface area contributed by atoms with Crippen molar-refractivity contribution in [3.05, 3.63) is 0 Å². The van der Waals surface area contributed by atoms with E-state index in [9.17, 15) is 9.59 Å². The topological polar surface area (TPSA) is 52.6 Å². The largest absolute Gasteiger partial charge is 0.469 e. The smallest absolute Gasteiger partial charge is 0.306 e. The van der Waals surface area contributed by atoms with Crippen LogP contribution in [0, 0.1) is 0 Å². The van der Waals surface area contributed by atoms with E-state index in [-0.39, 0.29) is 18.0 Å². The van der Waals surface area contributed by atoms with Gasteiger partial charge in [0.2, 0.25) is 0 Å². The highest BCUT2D eigenvalue weighted by Crippen LogP contribution is 2.18. The Bertz CT molecular complexity index is 519. The molecular weight excluding hydrogens is 484 g/mol. The molecule has 0 amide bonds. The van der Waals surface area contributed by atoms with E-state index in [4.69, 9.17) is 4.74 Å². The third-order valence-electron chi connectivity index (χ3n) is 8.05. The first-order chi connectivity index (χ1) is 19.1. The third-order valence-corrected chi connectivity index (χ3v) is 8.05. The first-order valence-electron chi connectivity index (χ1n) is 17.4. The van der Waals surface area contributed by atoms with Gasteiger partial charge in [0, 0.05) is 12.8 Å². The molecule has 1 atom stereocenters. The summed E-state index contributed by atoms with van der Waals surface area (Å²) in [6.45, 7) is 4.51. The zero-order chi connectivity index (χ0) is 28.7. The zero-order valence-electron chi connectivity index (χ0n) is 26.7. The van der Waals surface area contributed by atoms with Crippen LogP contribution in [0.2, 0.25) is 0 Å². The van der Waals surface area contributed by atoms with Crippen LogP contribution < -0.4 is 0 Å². The van der Waals surface area contributed by atoms with Crippen molar-refractivity contribution in [2.75, 3.05) is 7.11 Å². The summed E-state index contributed by atoms with van der Waals surface area (Å²) in [5.74, 6) is -0.0555. The van der Waals surface area contributed by atoms with Gasteiger partial charge in [-0.15, -0.1) is 0 Å². The predicted molar refractivity (Wildman–Crippen MR) is 167 cm³/mol. The first-order valence-corrected chi connectivity index (χ1v) is 17.4. The number of esters is 2. The van der Waals surface area contributed by atoms with Crippen molar-refractivity contribution in [1.82, 2.24) is 0 Å². The molecule has 0 saturated heterocycles. The Morgan fingerprint density at radius 1 is 0.436 bits per heavy atom. The van der Waals surface area contributed by atoms with Gasteiger partial charge < -0.3 is 9.47 Å². The molecule has 0 aliphatic carbocycles. The van der Waals surface area contributed by atoms with Crippen LogP contribution in [0.1, 0.15) is 200 Å². The maximum atomic E-state index is 12.5. The molecule has 0 aromatic carbocycles. The van der Waals surface area contributed by atoms with Gasteiger partial charge >= 0.3 is 11.9 Å². The van der Waals surface area contributed by atoms with E-state index in [1.807, 2.05) is 0 Å². The minimum Gasteiger partial charge on any atom is -0.469 e. The summed E-state index contributed by atoms with van der Waals surface area (Å²) in [5, 5.41) is 0. The Morgan fingerprint density at radius 2 is 0.744 bits per heavy atom. The van der Waals surface area contributed by atoms with Crippen LogP contribution in [0.25, 0.3) is 0 Å². The molecule has 0 bridgehead atoms. The summed E-state index contributed by atoms with van der Waals surface area (Å²) >= 11 is 0. The normalized spacial score (nSPS) is 12.0. The molecule has 1 unspecified atom stereocenters. The van der Waals surface area contributed by atoms with E-state index in [2.05, 4.69) is 18.6 Å². The van der Waals surface area contributed by atoms with Crippen molar-refractivity contribution >= 4 is 11.9 Å². The van der Waals surface area contributed by atoms with Gasteiger partial charge in [-0.05, 0) is 38.5 Å². The molecule has 0 heterocycles. The lowest BCUT2D eigenvalue weighted by Crippen LogP contribution is -2.18. The first kappa shape index (κ1) is 37.9.